The highest BCUT2D eigenvalue weighted by molar-refractivity contribution is 6.36. The SMILES string of the molecule is COCCCN1C(=O)C(c2ccc(Cl)cc2)=C(N2CCCC(CO)C2)C1=O. The Labute approximate surface area is 164 Å². The van der Waals surface area contributed by atoms with Gasteiger partial charge in [-0.3, -0.25) is 14.5 Å². The van der Waals surface area contributed by atoms with Gasteiger partial charge in [-0.05, 0) is 42.9 Å². The number of methoxy groups -OCH3 is 1. The fraction of sp³-hybridized carbons (Fsp3) is 0.500. The number of amides is 2. The number of imide groups is 1. The van der Waals surface area contributed by atoms with Crippen LogP contribution in [0, 0.1) is 5.92 Å². The molecule has 27 heavy (non-hydrogen) atoms. The third kappa shape index (κ3) is 4.18. The minimum absolute atomic E-state index is 0.0831. The second kappa shape index (κ2) is 8.87. The summed E-state index contributed by atoms with van der Waals surface area (Å²) in [4.78, 5) is 29.5. The van der Waals surface area contributed by atoms with Crippen LogP contribution in [-0.4, -0.2) is 66.7 Å². The first-order valence-corrected chi connectivity index (χ1v) is 9.65. The lowest BCUT2D eigenvalue weighted by Crippen LogP contribution is -2.40. The molecule has 1 aromatic carbocycles. The van der Waals surface area contributed by atoms with Gasteiger partial charge in [-0.25, -0.2) is 0 Å². The molecule has 0 spiro atoms. The Morgan fingerprint density at radius 1 is 1.22 bits per heavy atom. The average molecular weight is 393 g/mol. The van der Waals surface area contributed by atoms with Crippen molar-refractivity contribution in [1.82, 2.24) is 9.80 Å². The molecule has 2 amide bonds. The zero-order chi connectivity index (χ0) is 19.4. The first-order chi connectivity index (χ1) is 13.1. The van der Waals surface area contributed by atoms with E-state index in [-0.39, 0.29) is 24.3 Å². The zero-order valence-corrected chi connectivity index (χ0v) is 16.2. The largest absolute Gasteiger partial charge is 0.396 e. The van der Waals surface area contributed by atoms with Crippen LogP contribution in [0.3, 0.4) is 0 Å². The van der Waals surface area contributed by atoms with Gasteiger partial charge in [0.25, 0.3) is 11.8 Å². The van der Waals surface area contributed by atoms with Gasteiger partial charge in [0.2, 0.25) is 0 Å². The van der Waals surface area contributed by atoms with Crippen molar-refractivity contribution in [1.29, 1.82) is 0 Å². The molecule has 7 heteroatoms. The number of nitrogens with zero attached hydrogens (tertiary/aromatic N) is 2. The van der Waals surface area contributed by atoms with Crippen molar-refractivity contribution in [2.24, 2.45) is 5.92 Å². The number of hydrogen-bond donors (Lipinski definition) is 1. The van der Waals surface area contributed by atoms with Crippen LogP contribution < -0.4 is 0 Å². The van der Waals surface area contributed by atoms with E-state index in [1.165, 1.54) is 4.90 Å². The number of carbonyl (C=O) groups excluding carboxylic acids is 2. The number of carbonyl (C=O) groups is 2. The number of hydrogen-bond acceptors (Lipinski definition) is 5. The highest BCUT2D eigenvalue weighted by Gasteiger charge is 2.42. The first kappa shape index (κ1) is 19.9. The topological polar surface area (TPSA) is 70.1 Å². The number of likely N-dealkylation sites (tertiary alicyclic amines) is 1. The van der Waals surface area contributed by atoms with Crippen LogP contribution in [0.2, 0.25) is 5.02 Å². The van der Waals surface area contributed by atoms with Crippen molar-refractivity contribution >= 4 is 29.0 Å². The van der Waals surface area contributed by atoms with E-state index in [1.54, 1.807) is 31.4 Å². The number of ether oxygens (including phenoxy) is 1. The van der Waals surface area contributed by atoms with Crippen LogP contribution in [0.25, 0.3) is 5.57 Å². The van der Waals surface area contributed by atoms with E-state index in [2.05, 4.69) is 0 Å². The van der Waals surface area contributed by atoms with Crippen LogP contribution in [0.1, 0.15) is 24.8 Å². The Balaban J connectivity index is 1.97. The van der Waals surface area contributed by atoms with Crippen LogP contribution in [0.4, 0.5) is 0 Å². The van der Waals surface area contributed by atoms with Crippen LogP contribution in [0.5, 0.6) is 0 Å². The van der Waals surface area contributed by atoms with E-state index in [0.717, 1.165) is 12.8 Å². The summed E-state index contributed by atoms with van der Waals surface area (Å²) in [5.74, 6) is -0.428. The summed E-state index contributed by atoms with van der Waals surface area (Å²) in [6.45, 7) is 2.17. The average Bonchev–Trinajstić information content (AvgIpc) is 2.93. The van der Waals surface area contributed by atoms with Crippen LogP contribution in [0.15, 0.2) is 30.0 Å². The molecule has 146 valence electrons. The van der Waals surface area contributed by atoms with E-state index < -0.39 is 0 Å². The van der Waals surface area contributed by atoms with Gasteiger partial charge in [-0.2, -0.15) is 0 Å². The lowest BCUT2D eigenvalue weighted by atomic mass is 9.97. The Morgan fingerprint density at radius 3 is 2.63 bits per heavy atom. The molecule has 2 aliphatic rings. The smallest absolute Gasteiger partial charge is 0.277 e. The molecule has 0 bridgehead atoms. The van der Waals surface area contributed by atoms with Crippen molar-refractivity contribution in [2.45, 2.75) is 19.3 Å². The van der Waals surface area contributed by atoms with Gasteiger partial charge in [-0.15, -0.1) is 0 Å². The maximum absolute atomic E-state index is 13.1. The summed E-state index contributed by atoms with van der Waals surface area (Å²) < 4.78 is 5.05. The lowest BCUT2D eigenvalue weighted by molar-refractivity contribution is -0.137. The van der Waals surface area contributed by atoms with Crippen molar-refractivity contribution in [3.63, 3.8) is 0 Å². The van der Waals surface area contributed by atoms with Crippen molar-refractivity contribution < 1.29 is 19.4 Å². The summed E-state index contributed by atoms with van der Waals surface area (Å²) in [6, 6.07) is 6.99. The minimum Gasteiger partial charge on any atom is -0.396 e. The maximum atomic E-state index is 13.1. The molecule has 0 aromatic heterocycles. The standard InChI is InChI=1S/C20H25ClN2O4/c1-27-11-3-10-23-19(25)17(15-5-7-16(21)8-6-15)18(20(23)26)22-9-2-4-14(12-22)13-24/h5-8,14,24H,2-4,9-13H2,1H3. The fourth-order valence-corrected chi connectivity index (χ4v) is 3.85. The van der Waals surface area contributed by atoms with Crippen molar-refractivity contribution in [2.75, 3.05) is 40.0 Å². The molecule has 1 fully saturated rings. The van der Waals surface area contributed by atoms with Gasteiger partial charge >= 0.3 is 0 Å². The van der Waals surface area contributed by atoms with Gasteiger partial charge in [-0.1, -0.05) is 23.7 Å². The van der Waals surface area contributed by atoms with Crippen LogP contribution >= 0.6 is 11.6 Å². The van der Waals surface area contributed by atoms with E-state index in [9.17, 15) is 14.7 Å². The quantitative estimate of drug-likeness (QED) is 0.568. The normalized spacial score (nSPS) is 20.8. The molecule has 3 rings (SSSR count). The Kier molecular flexibility index (Phi) is 6.52. The first-order valence-electron chi connectivity index (χ1n) is 9.28. The Hall–Kier alpha value is -1.89. The summed E-state index contributed by atoms with van der Waals surface area (Å²) in [6.07, 6.45) is 2.40. The van der Waals surface area contributed by atoms with E-state index in [4.69, 9.17) is 16.3 Å². The third-order valence-electron chi connectivity index (χ3n) is 5.10. The molecule has 1 atom stereocenters. The molecular weight excluding hydrogens is 368 g/mol. The molecule has 1 N–H and O–H groups in total. The second-order valence-electron chi connectivity index (χ2n) is 6.98. The third-order valence-corrected chi connectivity index (χ3v) is 5.35. The van der Waals surface area contributed by atoms with Gasteiger partial charge < -0.3 is 14.7 Å². The number of rotatable bonds is 7. The molecule has 1 aromatic rings. The molecule has 0 radical (unpaired) electrons. The van der Waals surface area contributed by atoms with E-state index in [1.807, 2.05) is 4.90 Å². The highest BCUT2D eigenvalue weighted by Crippen LogP contribution is 2.34. The molecule has 2 aliphatic heterocycles. The van der Waals surface area contributed by atoms with E-state index >= 15 is 0 Å². The lowest BCUT2D eigenvalue weighted by Gasteiger charge is -2.34. The van der Waals surface area contributed by atoms with Gasteiger partial charge in [0.1, 0.15) is 5.70 Å². The van der Waals surface area contributed by atoms with Gasteiger partial charge in [0.05, 0.1) is 5.57 Å². The predicted octanol–water partition coefficient (Wildman–Crippen LogP) is 2.16. The van der Waals surface area contributed by atoms with Crippen molar-refractivity contribution in [3.05, 3.63) is 40.5 Å². The number of piperidine rings is 1. The summed E-state index contributed by atoms with van der Waals surface area (Å²) in [7, 11) is 1.60. The highest BCUT2D eigenvalue weighted by atomic mass is 35.5. The fourth-order valence-electron chi connectivity index (χ4n) is 3.72. The second-order valence-corrected chi connectivity index (χ2v) is 7.41. The molecule has 2 heterocycles. The van der Waals surface area contributed by atoms with Crippen LogP contribution in [-0.2, 0) is 14.3 Å². The summed E-state index contributed by atoms with van der Waals surface area (Å²) in [5.41, 5.74) is 1.55. The zero-order valence-electron chi connectivity index (χ0n) is 15.5. The maximum Gasteiger partial charge on any atom is 0.277 e. The summed E-state index contributed by atoms with van der Waals surface area (Å²) >= 11 is 5.99. The molecular formula is C20H25ClN2O4. The Bertz CT molecular complexity index is 732. The van der Waals surface area contributed by atoms with Gasteiger partial charge in [0, 0.05) is 45.0 Å². The molecule has 6 nitrogen and oxygen atoms in total. The minimum atomic E-state index is -0.278. The van der Waals surface area contributed by atoms with E-state index in [0.29, 0.717) is 54.5 Å². The number of benzene rings is 1. The molecule has 1 unspecified atom stereocenters. The monoisotopic (exact) mass is 392 g/mol. The molecule has 1 saturated heterocycles. The molecule has 0 aliphatic carbocycles. The Morgan fingerprint density at radius 2 is 1.96 bits per heavy atom. The van der Waals surface area contributed by atoms with Gasteiger partial charge in [0.15, 0.2) is 0 Å². The number of aliphatic hydroxyl groups is 1. The predicted molar refractivity (Wildman–Crippen MR) is 103 cm³/mol. The van der Waals surface area contributed by atoms with Crippen molar-refractivity contribution in [3.8, 4) is 0 Å². The summed E-state index contributed by atoms with van der Waals surface area (Å²) in [5, 5.41) is 10.1. The number of halogens is 1. The number of aliphatic hydroxyl groups excluding tert-OH is 1. The molecule has 0 saturated carbocycles.